The number of rotatable bonds is 6. The van der Waals surface area contributed by atoms with Crippen LogP contribution in [0.25, 0.3) is 0 Å². The van der Waals surface area contributed by atoms with Gasteiger partial charge in [0.25, 0.3) is 0 Å². The van der Waals surface area contributed by atoms with E-state index in [4.69, 9.17) is 5.11 Å². The lowest BCUT2D eigenvalue weighted by Gasteiger charge is -2.19. The van der Waals surface area contributed by atoms with E-state index in [1.54, 1.807) is 18.2 Å². The van der Waals surface area contributed by atoms with E-state index in [1.807, 2.05) is 6.92 Å². The molecule has 0 aliphatic carbocycles. The van der Waals surface area contributed by atoms with Gasteiger partial charge in [0.1, 0.15) is 5.75 Å². The SMILES string of the molecule is C[C@H](CC/C=C/C(=O)O)[C@H](O)c1cc(Br)ccc1O. The third kappa shape index (κ3) is 5.04. The van der Waals surface area contributed by atoms with Crippen molar-refractivity contribution in [2.45, 2.75) is 25.9 Å². The minimum Gasteiger partial charge on any atom is -0.508 e. The van der Waals surface area contributed by atoms with Gasteiger partial charge >= 0.3 is 5.97 Å². The standard InChI is InChI=1S/C14H17BrO4/c1-9(4-2-3-5-13(17)18)14(19)11-8-10(15)6-7-12(11)16/h3,5-9,14,16,19H,2,4H2,1H3,(H,17,18)/b5-3+/t9-,14+/m1/s1. The minimum atomic E-state index is -0.974. The molecule has 0 spiro atoms. The van der Waals surface area contributed by atoms with Crippen LogP contribution in [0.2, 0.25) is 0 Å². The van der Waals surface area contributed by atoms with Gasteiger partial charge in [0, 0.05) is 16.1 Å². The van der Waals surface area contributed by atoms with Crippen molar-refractivity contribution in [3.05, 3.63) is 40.4 Å². The summed E-state index contributed by atoms with van der Waals surface area (Å²) >= 11 is 3.29. The Kier molecular flexibility index (Phi) is 6.05. The number of carboxylic acid groups (broad SMARTS) is 1. The lowest BCUT2D eigenvalue weighted by Crippen LogP contribution is -2.09. The molecule has 0 heterocycles. The number of carboxylic acids is 1. The number of phenolic OH excluding ortho intramolecular Hbond substituents is 1. The largest absolute Gasteiger partial charge is 0.508 e. The molecule has 0 bridgehead atoms. The molecule has 1 aromatic rings. The first-order valence-electron chi connectivity index (χ1n) is 5.97. The summed E-state index contributed by atoms with van der Waals surface area (Å²) in [7, 11) is 0. The molecule has 0 saturated heterocycles. The zero-order valence-electron chi connectivity index (χ0n) is 10.6. The Bertz CT molecular complexity index is 471. The fourth-order valence-corrected chi connectivity index (χ4v) is 2.15. The Labute approximate surface area is 120 Å². The number of aromatic hydroxyl groups is 1. The number of aliphatic hydroxyl groups excluding tert-OH is 1. The van der Waals surface area contributed by atoms with E-state index >= 15 is 0 Å². The van der Waals surface area contributed by atoms with Crippen LogP contribution in [0.15, 0.2) is 34.8 Å². The summed E-state index contributed by atoms with van der Waals surface area (Å²) < 4.78 is 0.789. The number of hydrogen-bond acceptors (Lipinski definition) is 3. The molecule has 0 amide bonds. The summed E-state index contributed by atoms with van der Waals surface area (Å²) in [6.07, 6.45) is 3.08. The lowest BCUT2D eigenvalue weighted by molar-refractivity contribution is -0.131. The second kappa shape index (κ2) is 7.31. The highest BCUT2D eigenvalue weighted by Gasteiger charge is 2.19. The molecule has 3 N–H and O–H groups in total. The van der Waals surface area contributed by atoms with Crippen LogP contribution in [0.4, 0.5) is 0 Å². The quantitative estimate of drug-likeness (QED) is 0.700. The van der Waals surface area contributed by atoms with Gasteiger partial charge in [0.15, 0.2) is 0 Å². The number of phenols is 1. The van der Waals surface area contributed by atoms with Gasteiger partial charge in [-0.05, 0) is 37.0 Å². The average molecular weight is 329 g/mol. The molecule has 19 heavy (non-hydrogen) atoms. The van der Waals surface area contributed by atoms with Crippen molar-refractivity contribution in [2.75, 3.05) is 0 Å². The summed E-state index contributed by atoms with van der Waals surface area (Å²) in [6.45, 7) is 1.86. The lowest BCUT2D eigenvalue weighted by atomic mass is 9.93. The van der Waals surface area contributed by atoms with E-state index in [-0.39, 0.29) is 11.7 Å². The van der Waals surface area contributed by atoms with Crippen molar-refractivity contribution in [1.82, 2.24) is 0 Å². The van der Waals surface area contributed by atoms with Crippen LogP contribution in [0.5, 0.6) is 5.75 Å². The average Bonchev–Trinajstić information content (AvgIpc) is 2.36. The van der Waals surface area contributed by atoms with Gasteiger partial charge in [0.2, 0.25) is 0 Å². The Balaban J connectivity index is 2.63. The summed E-state index contributed by atoms with van der Waals surface area (Å²) in [5.41, 5.74) is 0.476. The van der Waals surface area contributed by atoms with Crippen LogP contribution in [-0.4, -0.2) is 21.3 Å². The van der Waals surface area contributed by atoms with E-state index in [2.05, 4.69) is 15.9 Å². The predicted molar refractivity (Wildman–Crippen MR) is 75.9 cm³/mol. The normalized spacial score (nSPS) is 14.5. The molecule has 0 aliphatic rings. The van der Waals surface area contributed by atoms with E-state index in [0.29, 0.717) is 18.4 Å². The van der Waals surface area contributed by atoms with Crippen molar-refractivity contribution in [2.24, 2.45) is 5.92 Å². The highest BCUT2D eigenvalue weighted by Crippen LogP contribution is 2.33. The van der Waals surface area contributed by atoms with Crippen molar-refractivity contribution >= 4 is 21.9 Å². The Hall–Kier alpha value is -1.33. The molecule has 4 nitrogen and oxygen atoms in total. The summed E-state index contributed by atoms with van der Waals surface area (Å²) in [5.74, 6) is -1.000. The molecule has 104 valence electrons. The van der Waals surface area contributed by atoms with Crippen molar-refractivity contribution in [3.8, 4) is 5.75 Å². The third-order valence-electron chi connectivity index (χ3n) is 2.90. The minimum absolute atomic E-state index is 0.0589. The number of allylic oxidation sites excluding steroid dienone is 1. The smallest absolute Gasteiger partial charge is 0.327 e. The van der Waals surface area contributed by atoms with E-state index in [1.165, 1.54) is 6.07 Å². The maximum absolute atomic E-state index is 10.3. The van der Waals surface area contributed by atoms with Crippen LogP contribution in [0.1, 0.15) is 31.4 Å². The number of carbonyl (C=O) groups is 1. The van der Waals surface area contributed by atoms with Crippen LogP contribution in [0, 0.1) is 5.92 Å². The van der Waals surface area contributed by atoms with E-state index < -0.39 is 12.1 Å². The van der Waals surface area contributed by atoms with Crippen molar-refractivity contribution < 1.29 is 20.1 Å². The topological polar surface area (TPSA) is 77.8 Å². The maximum atomic E-state index is 10.3. The first kappa shape index (κ1) is 15.7. The summed E-state index contributed by atoms with van der Waals surface area (Å²) in [5, 5.41) is 28.4. The second-order valence-corrected chi connectivity index (χ2v) is 5.36. The molecule has 0 fully saturated rings. The van der Waals surface area contributed by atoms with Crippen molar-refractivity contribution in [3.63, 3.8) is 0 Å². The number of aliphatic carboxylic acids is 1. The van der Waals surface area contributed by atoms with Crippen LogP contribution >= 0.6 is 15.9 Å². The van der Waals surface area contributed by atoms with Gasteiger partial charge in [-0.15, -0.1) is 0 Å². The van der Waals surface area contributed by atoms with Crippen molar-refractivity contribution in [1.29, 1.82) is 0 Å². The molecule has 1 aromatic carbocycles. The highest BCUT2D eigenvalue weighted by molar-refractivity contribution is 9.10. The van der Waals surface area contributed by atoms with Crippen LogP contribution in [-0.2, 0) is 4.79 Å². The number of benzene rings is 1. The zero-order chi connectivity index (χ0) is 14.4. The number of halogens is 1. The van der Waals surface area contributed by atoms with Gasteiger partial charge in [-0.1, -0.05) is 28.9 Å². The second-order valence-electron chi connectivity index (χ2n) is 4.44. The third-order valence-corrected chi connectivity index (χ3v) is 3.39. The monoisotopic (exact) mass is 328 g/mol. The van der Waals surface area contributed by atoms with Gasteiger partial charge in [-0.3, -0.25) is 0 Å². The first-order valence-corrected chi connectivity index (χ1v) is 6.77. The molecular weight excluding hydrogens is 312 g/mol. The summed E-state index contributed by atoms with van der Waals surface area (Å²) in [6, 6.07) is 4.91. The molecule has 0 unspecified atom stereocenters. The first-order chi connectivity index (χ1) is 8.91. The molecule has 2 atom stereocenters. The Morgan fingerprint density at radius 2 is 2.16 bits per heavy atom. The zero-order valence-corrected chi connectivity index (χ0v) is 12.2. The molecule has 1 rings (SSSR count). The van der Waals surface area contributed by atoms with E-state index in [0.717, 1.165) is 10.5 Å². The molecule has 0 saturated carbocycles. The highest BCUT2D eigenvalue weighted by atomic mass is 79.9. The van der Waals surface area contributed by atoms with Gasteiger partial charge in [0.05, 0.1) is 6.10 Å². The fraction of sp³-hybridized carbons (Fsp3) is 0.357. The summed E-state index contributed by atoms with van der Waals surface area (Å²) in [4.78, 5) is 10.3. The van der Waals surface area contributed by atoms with Gasteiger partial charge in [-0.2, -0.15) is 0 Å². The maximum Gasteiger partial charge on any atom is 0.327 e. The Morgan fingerprint density at radius 1 is 1.47 bits per heavy atom. The molecule has 0 radical (unpaired) electrons. The van der Waals surface area contributed by atoms with Gasteiger partial charge < -0.3 is 15.3 Å². The van der Waals surface area contributed by atoms with Crippen LogP contribution < -0.4 is 0 Å². The molecule has 0 aromatic heterocycles. The number of hydrogen-bond donors (Lipinski definition) is 3. The van der Waals surface area contributed by atoms with Gasteiger partial charge in [-0.25, -0.2) is 4.79 Å². The predicted octanol–water partition coefficient (Wildman–Crippen LogP) is 3.25. The Morgan fingerprint density at radius 3 is 2.79 bits per heavy atom. The molecular formula is C14H17BrO4. The molecule has 5 heteroatoms. The van der Waals surface area contributed by atoms with E-state index in [9.17, 15) is 15.0 Å². The van der Waals surface area contributed by atoms with Crippen LogP contribution in [0.3, 0.4) is 0 Å². The molecule has 0 aliphatic heterocycles. The fourth-order valence-electron chi connectivity index (χ4n) is 1.77. The number of aliphatic hydroxyl groups is 1.